The van der Waals surface area contributed by atoms with Gasteiger partial charge in [-0.15, -0.1) is 0 Å². The molecule has 4 nitrogen and oxygen atoms in total. The van der Waals surface area contributed by atoms with E-state index in [1.54, 1.807) is 0 Å². The van der Waals surface area contributed by atoms with Crippen molar-refractivity contribution in [1.29, 1.82) is 0 Å². The molecule has 1 fully saturated rings. The number of para-hydroxylation sites is 1. The number of nitrogens with two attached hydrogens (primary N) is 1. The smallest absolute Gasteiger partial charge is 0.191 e. The fraction of sp³-hybridized carbons (Fsp3) is 0.533. The molecular formula is C15H24N4S. The summed E-state index contributed by atoms with van der Waals surface area (Å²) in [4.78, 5) is 8.94. The minimum atomic E-state index is 0.715. The molecule has 110 valence electrons. The van der Waals surface area contributed by atoms with Gasteiger partial charge in [-0.1, -0.05) is 18.2 Å². The highest BCUT2D eigenvalue weighted by molar-refractivity contribution is 7.99. The van der Waals surface area contributed by atoms with E-state index in [2.05, 4.69) is 46.1 Å². The molecule has 5 heteroatoms. The molecule has 0 unspecified atom stereocenters. The molecule has 20 heavy (non-hydrogen) atoms. The number of rotatable bonds is 5. The van der Waals surface area contributed by atoms with E-state index in [0.717, 1.165) is 44.1 Å². The number of hydrogen-bond acceptors (Lipinski definition) is 3. The lowest BCUT2D eigenvalue weighted by Crippen LogP contribution is -2.42. The van der Waals surface area contributed by atoms with Gasteiger partial charge in [-0.2, -0.15) is 11.8 Å². The van der Waals surface area contributed by atoms with Crippen molar-refractivity contribution in [1.82, 2.24) is 4.90 Å². The maximum Gasteiger partial charge on any atom is 0.191 e. The normalized spacial score (nSPS) is 16.2. The van der Waals surface area contributed by atoms with Crippen LogP contribution in [0.3, 0.4) is 0 Å². The predicted octanol–water partition coefficient (Wildman–Crippen LogP) is 1.88. The van der Waals surface area contributed by atoms with E-state index >= 15 is 0 Å². The summed E-state index contributed by atoms with van der Waals surface area (Å²) in [6.07, 6.45) is 1.02. The van der Waals surface area contributed by atoms with Crippen molar-refractivity contribution in [2.75, 3.05) is 49.6 Å². The first-order chi connectivity index (χ1) is 9.77. The van der Waals surface area contributed by atoms with Crippen LogP contribution >= 0.6 is 11.8 Å². The molecule has 1 aromatic carbocycles. The molecule has 0 atom stereocenters. The highest BCUT2D eigenvalue weighted by atomic mass is 32.2. The monoisotopic (exact) mass is 292 g/mol. The van der Waals surface area contributed by atoms with Crippen molar-refractivity contribution in [2.45, 2.75) is 6.42 Å². The molecule has 0 aliphatic carbocycles. The van der Waals surface area contributed by atoms with E-state index in [-0.39, 0.29) is 0 Å². The molecule has 0 bridgehead atoms. The Balaban J connectivity index is 1.70. The number of guanidine groups is 1. The number of thioether (sulfide) groups is 1. The summed E-state index contributed by atoms with van der Waals surface area (Å²) < 4.78 is 0. The van der Waals surface area contributed by atoms with E-state index in [0.29, 0.717) is 5.96 Å². The van der Waals surface area contributed by atoms with Crippen LogP contribution < -0.4 is 10.6 Å². The first kappa shape index (κ1) is 15.0. The van der Waals surface area contributed by atoms with E-state index in [4.69, 9.17) is 5.73 Å². The average molecular weight is 292 g/mol. The molecule has 0 spiro atoms. The summed E-state index contributed by atoms with van der Waals surface area (Å²) in [5, 5.41) is 0. The number of anilines is 1. The molecule has 1 heterocycles. The Morgan fingerprint density at radius 2 is 2.00 bits per heavy atom. The lowest BCUT2D eigenvalue weighted by Gasteiger charge is -2.27. The summed E-state index contributed by atoms with van der Waals surface area (Å²) in [6, 6.07) is 10.4. The van der Waals surface area contributed by atoms with E-state index in [1.165, 1.54) is 5.69 Å². The van der Waals surface area contributed by atoms with Gasteiger partial charge in [0.1, 0.15) is 0 Å². The van der Waals surface area contributed by atoms with Crippen molar-refractivity contribution in [2.24, 2.45) is 10.7 Å². The summed E-state index contributed by atoms with van der Waals surface area (Å²) in [6.45, 7) is 3.86. The van der Waals surface area contributed by atoms with Crippen molar-refractivity contribution in [3.8, 4) is 0 Å². The first-order valence-electron chi connectivity index (χ1n) is 7.16. The maximum atomic E-state index is 6.03. The third-order valence-electron chi connectivity index (χ3n) is 3.46. The minimum absolute atomic E-state index is 0.715. The fourth-order valence-corrected chi connectivity index (χ4v) is 3.11. The van der Waals surface area contributed by atoms with Crippen molar-refractivity contribution >= 4 is 23.4 Å². The van der Waals surface area contributed by atoms with E-state index < -0.39 is 0 Å². The van der Waals surface area contributed by atoms with Crippen LogP contribution in [-0.2, 0) is 0 Å². The summed E-state index contributed by atoms with van der Waals surface area (Å²) in [5.74, 6) is 3.03. The Labute approximate surface area is 126 Å². The topological polar surface area (TPSA) is 44.9 Å². The van der Waals surface area contributed by atoms with Crippen LogP contribution in [0.25, 0.3) is 0 Å². The standard InChI is InChI=1S/C15H24N4S/c1-18(14-6-3-2-4-7-14)9-5-8-17-15(16)19-10-12-20-13-11-19/h2-4,6-7H,5,8-13H2,1H3,(H2,16,17). The van der Waals surface area contributed by atoms with Gasteiger partial charge in [-0.3, -0.25) is 4.99 Å². The van der Waals surface area contributed by atoms with Gasteiger partial charge in [-0.05, 0) is 18.6 Å². The zero-order valence-corrected chi connectivity index (χ0v) is 13.0. The second-order valence-electron chi connectivity index (χ2n) is 4.95. The lowest BCUT2D eigenvalue weighted by atomic mass is 10.3. The Hall–Kier alpha value is -1.36. The molecule has 0 aromatic heterocycles. The molecule has 2 N–H and O–H groups in total. The van der Waals surface area contributed by atoms with Gasteiger partial charge in [0.25, 0.3) is 0 Å². The van der Waals surface area contributed by atoms with Crippen LogP contribution in [0.4, 0.5) is 5.69 Å². The van der Waals surface area contributed by atoms with Gasteiger partial charge in [0, 0.05) is 50.4 Å². The lowest BCUT2D eigenvalue weighted by molar-refractivity contribution is 0.455. The number of nitrogens with zero attached hydrogens (tertiary/aromatic N) is 3. The Morgan fingerprint density at radius 3 is 2.70 bits per heavy atom. The van der Waals surface area contributed by atoms with Crippen LogP contribution in [-0.4, -0.2) is 55.6 Å². The van der Waals surface area contributed by atoms with Gasteiger partial charge >= 0.3 is 0 Å². The molecule has 1 saturated heterocycles. The molecular weight excluding hydrogens is 268 g/mol. The van der Waals surface area contributed by atoms with Crippen LogP contribution in [0.15, 0.2) is 35.3 Å². The summed E-state index contributed by atoms with van der Waals surface area (Å²) in [7, 11) is 2.12. The predicted molar refractivity (Wildman–Crippen MR) is 89.7 cm³/mol. The summed E-state index contributed by atoms with van der Waals surface area (Å²) >= 11 is 1.99. The summed E-state index contributed by atoms with van der Waals surface area (Å²) in [5.41, 5.74) is 7.28. The highest BCUT2D eigenvalue weighted by Crippen LogP contribution is 2.11. The molecule has 1 aliphatic heterocycles. The molecule has 0 amide bonds. The minimum Gasteiger partial charge on any atom is -0.375 e. The van der Waals surface area contributed by atoms with Crippen molar-refractivity contribution < 1.29 is 0 Å². The number of hydrogen-bond donors (Lipinski definition) is 1. The largest absolute Gasteiger partial charge is 0.375 e. The second-order valence-corrected chi connectivity index (χ2v) is 6.17. The van der Waals surface area contributed by atoms with E-state index in [9.17, 15) is 0 Å². The molecule has 1 aliphatic rings. The quantitative estimate of drug-likeness (QED) is 0.511. The SMILES string of the molecule is CN(CCCN=C(N)N1CCSCC1)c1ccccc1. The number of benzene rings is 1. The van der Waals surface area contributed by atoms with Crippen molar-refractivity contribution in [3.63, 3.8) is 0 Å². The Bertz CT molecular complexity index is 415. The van der Waals surface area contributed by atoms with Gasteiger partial charge in [0.15, 0.2) is 5.96 Å². The van der Waals surface area contributed by atoms with Gasteiger partial charge in [0.2, 0.25) is 0 Å². The molecule has 0 saturated carbocycles. The Morgan fingerprint density at radius 1 is 1.30 bits per heavy atom. The number of aliphatic imine (C=N–C) groups is 1. The van der Waals surface area contributed by atoms with Crippen molar-refractivity contribution in [3.05, 3.63) is 30.3 Å². The zero-order valence-electron chi connectivity index (χ0n) is 12.2. The fourth-order valence-electron chi connectivity index (χ4n) is 2.21. The van der Waals surface area contributed by atoms with Crippen LogP contribution in [0.2, 0.25) is 0 Å². The van der Waals surface area contributed by atoms with Crippen LogP contribution in [0.1, 0.15) is 6.42 Å². The van der Waals surface area contributed by atoms with Gasteiger partial charge < -0.3 is 15.5 Å². The molecule has 1 aromatic rings. The highest BCUT2D eigenvalue weighted by Gasteiger charge is 2.11. The van der Waals surface area contributed by atoms with Crippen LogP contribution in [0.5, 0.6) is 0 Å². The van der Waals surface area contributed by atoms with E-state index in [1.807, 2.05) is 17.8 Å². The molecule has 2 rings (SSSR count). The zero-order chi connectivity index (χ0) is 14.2. The maximum absolute atomic E-state index is 6.03. The molecule has 0 radical (unpaired) electrons. The Kier molecular flexibility index (Phi) is 6.05. The third kappa shape index (κ3) is 4.63. The van der Waals surface area contributed by atoms with Gasteiger partial charge in [-0.25, -0.2) is 0 Å². The second kappa shape index (κ2) is 8.04. The average Bonchev–Trinajstić information content (AvgIpc) is 2.53. The van der Waals surface area contributed by atoms with Crippen LogP contribution in [0, 0.1) is 0 Å². The third-order valence-corrected chi connectivity index (χ3v) is 4.40. The first-order valence-corrected chi connectivity index (χ1v) is 8.31. The van der Waals surface area contributed by atoms with Gasteiger partial charge in [0.05, 0.1) is 0 Å².